The smallest absolute Gasteiger partial charge is 0.0723 e. The largest absolute Gasteiger partial charge is 0.389 e. The van der Waals surface area contributed by atoms with Crippen LogP contribution in [0, 0.1) is 0 Å². The molecule has 0 spiro atoms. The zero-order chi connectivity index (χ0) is 10.2. The molecule has 0 amide bonds. The van der Waals surface area contributed by atoms with E-state index in [0.29, 0.717) is 0 Å². The highest BCUT2D eigenvalue weighted by Crippen LogP contribution is 2.22. The zero-order valence-corrected chi connectivity index (χ0v) is 9.04. The fraction of sp³-hybridized carbons (Fsp3) is 0.692. The van der Waals surface area contributed by atoms with E-state index < -0.39 is 0 Å². The minimum Gasteiger partial charge on any atom is -0.389 e. The molecule has 0 aromatic heterocycles. The van der Waals surface area contributed by atoms with Crippen molar-refractivity contribution >= 4 is 0 Å². The lowest BCUT2D eigenvalue weighted by molar-refractivity contribution is 0.201. The fourth-order valence-electron chi connectivity index (χ4n) is 2.00. The summed E-state index contributed by atoms with van der Waals surface area (Å²) in [6, 6.07) is 0. The summed E-state index contributed by atoms with van der Waals surface area (Å²) in [6.07, 6.45) is 13.4. The average molecular weight is 194 g/mol. The van der Waals surface area contributed by atoms with Crippen molar-refractivity contribution < 1.29 is 5.11 Å². The first kappa shape index (κ1) is 11.5. The van der Waals surface area contributed by atoms with Crippen LogP contribution in [0.15, 0.2) is 24.3 Å². The predicted octanol–water partition coefficient (Wildman–Crippen LogP) is 3.59. The summed E-state index contributed by atoms with van der Waals surface area (Å²) in [5.74, 6) is 0. The van der Waals surface area contributed by atoms with Gasteiger partial charge in [-0.2, -0.15) is 0 Å². The van der Waals surface area contributed by atoms with Crippen LogP contribution in [0.2, 0.25) is 0 Å². The number of rotatable bonds is 6. The second-order valence-corrected chi connectivity index (χ2v) is 4.17. The van der Waals surface area contributed by atoms with Crippen molar-refractivity contribution in [3.63, 3.8) is 0 Å². The molecular weight excluding hydrogens is 172 g/mol. The summed E-state index contributed by atoms with van der Waals surface area (Å²) in [4.78, 5) is 0. The van der Waals surface area contributed by atoms with Gasteiger partial charge in [0, 0.05) is 0 Å². The highest BCUT2D eigenvalue weighted by molar-refractivity contribution is 5.08. The first-order valence-electron chi connectivity index (χ1n) is 5.81. The molecule has 0 saturated carbocycles. The Labute approximate surface area is 87.5 Å². The molecule has 1 atom stereocenters. The van der Waals surface area contributed by atoms with Crippen molar-refractivity contribution in [2.24, 2.45) is 0 Å². The molecule has 0 bridgehead atoms. The standard InChI is InChI=1S/C13H22O/c1-2-3-4-5-6-8-12-9-7-10-13(14)11-12/h2,11,13-14H,1,3-10H2. The normalized spacial score (nSPS) is 21.8. The van der Waals surface area contributed by atoms with Gasteiger partial charge in [0.2, 0.25) is 0 Å². The molecule has 0 fully saturated rings. The van der Waals surface area contributed by atoms with Crippen LogP contribution in [0.3, 0.4) is 0 Å². The van der Waals surface area contributed by atoms with E-state index in [4.69, 9.17) is 0 Å². The Bertz CT molecular complexity index is 193. The van der Waals surface area contributed by atoms with E-state index in [2.05, 4.69) is 12.7 Å². The van der Waals surface area contributed by atoms with Crippen LogP contribution < -0.4 is 0 Å². The van der Waals surface area contributed by atoms with E-state index in [-0.39, 0.29) is 6.10 Å². The van der Waals surface area contributed by atoms with Gasteiger partial charge in [-0.3, -0.25) is 0 Å². The Hall–Kier alpha value is -0.560. The minimum atomic E-state index is -0.160. The molecule has 0 saturated heterocycles. The van der Waals surface area contributed by atoms with Gasteiger partial charge in [0.25, 0.3) is 0 Å². The Morgan fingerprint density at radius 1 is 1.43 bits per heavy atom. The van der Waals surface area contributed by atoms with Crippen molar-refractivity contribution in [3.05, 3.63) is 24.3 Å². The maximum atomic E-state index is 9.43. The molecule has 14 heavy (non-hydrogen) atoms. The van der Waals surface area contributed by atoms with Crippen LogP contribution in [0.5, 0.6) is 0 Å². The highest BCUT2D eigenvalue weighted by Gasteiger charge is 2.09. The molecule has 0 aromatic carbocycles. The van der Waals surface area contributed by atoms with Gasteiger partial charge in [-0.25, -0.2) is 0 Å². The molecule has 1 rings (SSSR count). The topological polar surface area (TPSA) is 20.2 Å². The maximum absolute atomic E-state index is 9.43. The van der Waals surface area contributed by atoms with Gasteiger partial charge in [0.1, 0.15) is 0 Å². The average Bonchev–Trinajstić information content (AvgIpc) is 2.18. The van der Waals surface area contributed by atoms with Crippen molar-refractivity contribution in [3.8, 4) is 0 Å². The molecule has 0 aromatic rings. The number of hydrogen-bond acceptors (Lipinski definition) is 1. The van der Waals surface area contributed by atoms with Gasteiger partial charge in [-0.05, 0) is 44.9 Å². The van der Waals surface area contributed by atoms with Crippen LogP contribution in [-0.4, -0.2) is 11.2 Å². The van der Waals surface area contributed by atoms with E-state index in [1.165, 1.54) is 44.1 Å². The van der Waals surface area contributed by atoms with Gasteiger partial charge in [0.15, 0.2) is 0 Å². The number of hydrogen-bond donors (Lipinski definition) is 1. The van der Waals surface area contributed by atoms with Gasteiger partial charge >= 0.3 is 0 Å². The second kappa shape index (κ2) is 6.83. The monoisotopic (exact) mass is 194 g/mol. The molecule has 1 unspecified atom stereocenters. The van der Waals surface area contributed by atoms with Crippen LogP contribution in [0.1, 0.15) is 51.4 Å². The summed E-state index contributed by atoms with van der Waals surface area (Å²) < 4.78 is 0. The zero-order valence-electron chi connectivity index (χ0n) is 9.04. The SMILES string of the molecule is C=CCCCCCC1=CC(O)CCC1. The van der Waals surface area contributed by atoms with Gasteiger partial charge in [-0.1, -0.05) is 24.1 Å². The number of unbranched alkanes of at least 4 members (excludes halogenated alkanes) is 3. The molecular formula is C13H22O. The third-order valence-corrected chi connectivity index (χ3v) is 2.83. The van der Waals surface area contributed by atoms with Crippen LogP contribution >= 0.6 is 0 Å². The number of allylic oxidation sites excluding steroid dienone is 2. The summed E-state index contributed by atoms with van der Waals surface area (Å²) in [5, 5.41) is 9.43. The van der Waals surface area contributed by atoms with Crippen LogP contribution in [0.25, 0.3) is 0 Å². The number of aliphatic hydroxyl groups excluding tert-OH is 1. The van der Waals surface area contributed by atoms with Crippen molar-refractivity contribution in [2.75, 3.05) is 0 Å². The minimum absolute atomic E-state index is 0.160. The molecule has 1 heteroatoms. The van der Waals surface area contributed by atoms with E-state index in [1.54, 1.807) is 0 Å². The quantitative estimate of drug-likeness (QED) is 0.506. The van der Waals surface area contributed by atoms with Gasteiger partial charge < -0.3 is 5.11 Å². The molecule has 1 aliphatic carbocycles. The molecule has 0 radical (unpaired) electrons. The third-order valence-electron chi connectivity index (χ3n) is 2.83. The third kappa shape index (κ3) is 4.61. The van der Waals surface area contributed by atoms with E-state index in [1.807, 2.05) is 6.08 Å². The predicted molar refractivity (Wildman–Crippen MR) is 61.2 cm³/mol. The first-order valence-corrected chi connectivity index (χ1v) is 5.81. The summed E-state index contributed by atoms with van der Waals surface area (Å²) in [6.45, 7) is 3.71. The second-order valence-electron chi connectivity index (χ2n) is 4.17. The Morgan fingerprint density at radius 3 is 3.00 bits per heavy atom. The van der Waals surface area contributed by atoms with E-state index in [0.717, 1.165) is 12.8 Å². The highest BCUT2D eigenvalue weighted by atomic mass is 16.3. The van der Waals surface area contributed by atoms with E-state index >= 15 is 0 Å². The summed E-state index contributed by atoms with van der Waals surface area (Å²) in [7, 11) is 0. The fourth-order valence-corrected chi connectivity index (χ4v) is 2.00. The molecule has 0 heterocycles. The lowest BCUT2D eigenvalue weighted by atomic mass is 9.93. The van der Waals surface area contributed by atoms with Gasteiger partial charge in [-0.15, -0.1) is 6.58 Å². The maximum Gasteiger partial charge on any atom is 0.0723 e. The summed E-state index contributed by atoms with van der Waals surface area (Å²) in [5.41, 5.74) is 1.47. The Balaban J connectivity index is 2.08. The van der Waals surface area contributed by atoms with Crippen molar-refractivity contribution in [2.45, 2.75) is 57.5 Å². The van der Waals surface area contributed by atoms with Crippen LogP contribution in [-0.2, 0) is 0 Å². The van der Waals surface area contributed by atoms with Crippen molar-refractivity contribution in [1.82, 2.24) is 0 Å². The molecule has 1 aliphatic rings. The molecule has 1 N–H and O–H groups in total. The molecule has 80 valence electrons. The van der Waals surface area contributed by atoms with Crippen LogP contribution in [0.4, 0.5) is 0 Å². The lowest BCUT2D eigenvalue weighted by Crippen LogP contribution is -2.08. The van der Waals surface area contributed by atoms with Crippen molar-refractivity contribution in [1.29, 1.82) is 0 Å². The summed E-state index contributed by atoms with van der Waals surface area (Å²) >= 11 is 0. The lowest BCUT2D eigenvalue weighted by Gasteiger charge is -2.16. The number of aliphatic hydroxyl groups is 1. The Kier molecular flexibility index (Phi) is 5.62. The molecule has 1 nitrogen and oxygen atoms in total. The first-order chi connectivity index (χ1) is 6.83. The Morgan fingerprint density at radius 2 is 2.29 bits per heavy atom. The van der Waals surface area contributed by atoms with Gasteiger partial charge in [0.05, 0.1) is 6.10 Å². The molecule has 0 aliphatic heterocycles. The van der Waals surface area contributed by atoms with E-state index in [9.17, 15) is 5.11 Å².